The Morgan fingerprint density at radius 2 is 1.73 bits per heavy atom. The van der Waals surface area contributed by atoms with Crippen molar-refractivity contribution in [2.75, 3.05) is 5.32 Å². The predicted octanol–water partition coefficient (Wildman–Crippen LogP) is 5.41. The first-order valence-corrected chi connectivity index (χ1v) is 9.40. The molecule has 0 fully saturated rings. The summed E-state index contributed by atoms with van der Waals surface area (Å²) in [5.74, 6) is -0.768. The van der Waals surface area contributed by atoms with Crippen LogP contribution in [-0.2, 0) is 4.79 Å². The molecule has 3 aromatic rings. The maximum atomic E-state index is 12.4. The predicted molar refractivity (Wildman–Crippen MR) is 116 cm³/mol. The van der Waals surface area contributed by atoms with Crippen LogP contribution in [0.2, 0.25) is 5.02 Å². The van der Waals surface area contributed by atoms with Crippen molar-refractivity contribution in [3.63, 3.8) is 0 Å². The molecule has 3 aromatic carbocycles. The van der Waals surface area contributed by atoms with Gasteiger partial charge in [-0.1, -0.05) is 41.4 Å². The van der Waals surface area contributed by atoms with Crippen LogP contribution in [0.25, 0.3) is 6.08 Å². The third-order valence-electron chi connectivity index (χ3n) is 4.13. The molecule has 0 saturated carbocycles. The molecule has 0 atom stereocenters. The van der Waals surface area contributed by atoms with Gasteiger partial charge in [0.05, 0.1) is 5.56 Å². The lowest BCUT2D eigenvalue weighted by Crippen LogP contribution is -2.13. The number of amides is 1. The molecule has 0 aliphatic rings. The standard InChI is InChI=1S/C24H17ClN2O3/c1-16-5-11-21(12-6-16)27-23(28)19(15-26)13-17-3-2-4-22(14-17)30-24(29)18-7-9-20(25)10-8-18/h2-14H,1H3,(H,27,28)/b19-13+. The normalized spacial score (nSPS) is 10.8. The lowest BCUT2D eigenvalue weighted by atomic mass is 10.1. The monoisotopic (exact) mass is 416 g/mol. The van der Waals surface area contributed by atoms with Gasteiger partial charge >= 0.3 is 5.97 Å². The first kappa shape index (κ1) is 20.8. The van der Waals surface area contributed by atoms with E-state index in [-0.39, 0.29) is 5.57 Å². The van der Waals surface area contributed by atoms with Gasteiger partial charge in [-0.15, -0.1) is 0 Å². The van der Waals surface area contributed by atoms with Gasteiger partial charge in [-0.3, -0.25) is 4.79 Å². The zero-order valence-electron chi connectivity index (χ0n) is 16.1. The molecule has 0 aromatic heterocycles. The second-order valence-electron chi connectivity index (χ2n) is 6.46. The van der Waals surface area contributed by atoms with Crippen LogP contribution in [0.5, 0.6) is 5.75 Å². The molecule has 0 saturated heterocycles. The molecular weight excluding hydrogens is 400 g/mol. The molecule has 1 amide bonds. The molecule has 0 aliphatic carbocycles. The summed E-state index contributed by atoms with van der Waals surface area (Å²) in [5.41, 5.74) is 2.49. The second-order valence-corrected chi connectivity index (χ2v) is 6.90. The smallest absolute Gasteiger partial charge is 0.343 e. The Labute approximate surface area is 179 Å². The van der Waals surface area contributed by atoms with Crippen LogP contribution in [0.3, 0.4) is 0 Å². The number of nitriles is 1. The summed E-state index contributed by atoms with van der Waals surface area (Å²) >= 11 is 5.83. The van der Waals surface area contributed by atoms with E-state index < -0.39 is 11.9 Å². The Hall–Kier alpha value is -3.88. The van der Waals surface area contributed by atoms with Crippen molar-refractivity contribution in [1.82, 2.24) is 0 Å². The lowest BCUT2D eigenvalue weighted by molar-refractivity contribution is -0.112. The van der Waals surface area contributed by atoms with Crippen LogP contribution in [0, 0.1) is 18.3 Å². The topological polar surface area (TPSA) is 79.2 Å². The van der Waals surface area contributed by atoms with E-state index in [4.69, 9.17) is 16.3 Å². The number of anilines is 1. The Balaban J connectivity index is 1.74. The quantitative estimate of drug-likeness (QED) is 0.261. The van der Waals surface area contributed by atoms with Crippen molar-refractivity contribution in [3.05, 3.63) is 100 Å². The highest BCUT2D eigenvalue weighted by atomic mass is 35.5. The molecule has 0 heterocycles. The van der Waals surface area contributed by atoms with E-state index in [0.29, 0.717) is 27.6 Å². The van der Waals surface area contributed by atoms with E-state index in [2.05, 4.69) is 5.32 Å². The van der Waals surface area contributed by atoms with E-state index in [1.54, 1.807) is 60.7 Å². The van der Waals surface area contributed by atoms with Crippen LogP contribution in [0.15, 0.2) is 78.4 Å². The van der Waals surface area contributed by atoms with Gasteiger partial charge in [0.25, 0.3) is 5.91 Å². The number of ether oxygens (including phenoxy) is 1. The van der Waals surface area contributed by atoms with Gasteiger partial charge in [0, 0.05) is 10.7 Å². The summed E-state index contributed by atoms with van der Waals surface area (Å²) in [7, 11) is 0. The van der Waals surface area contributed by atoms with Gasteiger partial charge in [0.15, 0.2) is 0 Å². The third kappa shape index (κ3) is 5.57. The molecule has 0 aliphatic heterocycles. The Morgan fingerprint density at radius 1 is 1.03 bits per heavy atom. The summed E-state index contributed by atoms with van der Waals surface area (Å²) in [4.78, 5) is 24.7. The lowest BCUT2D eigenvalue weighted by Gasteiger charge is -2.06. The summed E-state index contributed by atoms with van der Waals surface area (Å²) < 4.78 is 5.37. The highest BCUT2D eigenvalue weighted by Crippen LogP contribution is 2.19. The first-order valence-electron chi connectivity index (χ1n) is 9.02. The molecule has 1 N–H and O–H groups in total. The summed E-state index contributed by atoms with van der Waals surface area (Å²) in [6, 6.07) is 22.1. The van der Waals surface area contributed by atoms with Gasteiger partial charge in [0.2, 0.25) is 0 Å². The molecule has 3 rings (SSSR count). The number of halogens is 1. The fourth-order valence-electron chi connectivity index (χ4n) is 2.57. The number of nitrogens with one attached hydrogen (secondary N) is 1. The fourth-order valence-corrected chi connectivity index (χ4v) is 2.70. The number of carbonyl (C=O) groups excluding carboxylic acids is 2. The van der Waals surface area contributed by atoms with Crippen LogP contribution in [-0.4, -0.2) is 11.9 Å². The zero-order valence-corrected chi connectivity index (χ0v) is 16.8. The van der Waals surface area contributed by atoms with Gasteiger partial charge in [-0.2, -0.15) is 5.26 Å². The molecule has 0 radical (unpaired) electrons. The number of nitrogens with zero attached hydrogens (tertiary/aromatic N) is 1. The minimum absolute atomic E-state index is 0.0725. The van der Waals surface area contributed by atoms with Gasteiger partial charge in [-0.05, 0) is 67.1 Å². The average Bonchev–Trinajstić information content (AvgIpc) is 2.74. The van der Waals surface area contributed by atoms with Crippen LogP contribution in [0.1, 0.15) is 21.5 Å². The maximum absolute atomic E-state index is 12.4. The number of hydrogen-bond acceptors (Lipinski definition) is 4. The second kappa shape index (κ2) is 9.55. The fraction of sp³-hybridized carbons (Fsp3) is 0.0417. The number of rotatable bonds is 5. The highest BCUT2D eigenvalue weighted by molar-refractivity contribution is 6.30. The van der Waals surface area contributed by atoms with Crippen molar-refractivity contribution >= 4 is 35.2 Å². The molecular formula is C24H17ClN2O3. The molecule has 148 valence electrons. The minimum atomic E-state index is -0.537. The van der Waals surface area contributed by atoms with Gasteiger partial charge < -0.3 is 10.1 Å². The van der Waals surface area contributed by atoms with E-state index in [1.807, 2.05) is 25.1 Å². The number of benzene rings is 3. The number of aryl methyl sites for hydroxylation is 1. The van der Waals surface area contributed by atoms with Crippen LogP contribution in [0.4, 0.5) is 5.69 Å². The highest BCUT2D eigenvalue weighted by Gasteiger charge is 2.11. The Bertz CT molecular complexity index is 1140. The van der Waals surface area contributed by atoms with Crippen molar-refractivity contribution < 1.29 is 14.3 Å². The van der Waals surface area contributed by atoms with Crippen molar-refractivity contribution in [3.8, 4) is 11.8 Å². The van der Waals surface area contributed by atoms with Crippen molar-refractivity contribution in [2.45, 2.75) is 6.92 Å². The zero-order chi connectivity index (χ0) is 21.5. The first-order chi connectivity index (χ1) is 14.4. The van der Waals surface area contributed by atoms with Crippen LogP contribution >= 0.6 is 11.6 Å². The van der Waals surface area contributed by atoms with Crippen LogP contribution < -0.4 is 10.1 Å². The maximum Gasteiger partial charge on any atom is 0.343 e. The molecule has 0 unspecified atom stereocenters. The summed E-state index contributed by atoms with van der Waals surface area (Å²) in [6.45, 7) is 1.94. The van der Waals surface area contributed by atoms with E-state index in [1.165, 1.54) is 6.08 Å². The summed E-state index contributed by atoms with van der Waals surface area (Å²) in [6.07, 6.45) is 1.43. The number of carbonyl (C=O) groups is 2. The molecule has 0 spiro atoms. The van der Waals surface area contributed by atoms with Crippen molar-refractivity contribution in [1.29, 1.82) is 5.26 Å². The molecule has 30 heavy (non-hydrogen) atoms. The Kier molecular flexibility index (Phi) is 6.63. The van der Waals surface area contributed by atoms with E-state index >= 15 is 0 Å². The molecule has 6 heteroatoms. The Morgan fingerprint density at radius 3 is 2.40 bits per heavy atom. The van der Waals surface area contributed by atoms with Gasteiger partial charge in [-0.25, -0.2) is 4.79 Å². The summed E-state index contributed by atoms with van der Waals surface area (Å²) in [5, 5.41) is 12.6. The third-order valence-corrected chi connectivity index (χ3v) is 4.39. The SMILES string of the molecule is Cc1ccc(NC(=O)/C(C#N)=C/c2cccc(OC(=O)c3ccc(Cl)cc3)c2)cc1. The van der Waals surface area contributed by atoms with E-state index in [9.17, 15) is 14.9 Å². The van der Waals surface area contributed by atoms with E-state index in [0.717, 1.165) is 5.56 Å². The molecule has 5 nitrogen and oxygen atoms in total. The van der Waals surface area contributed by atoms with Gasteiger partial charge in [0.1, 0.15) is 17.4 Å². The molecule has 0 bridgehead atoms. The number of hydrogen-bond donors (Lipinski definition) is 1. The largest absolute Gasteiger partial charge is 0.423 e. The van der Waals surface area contributed by atoms with Crippen molar-refractivity contribution in [2.24, 2.45) is 0 Å². The minimum Gasteiger partial charge on any atom is -0.423 e. The number of esters is 1. The average molecular weight is 417 g/mol.